The third-order valence-corrected chi connectivity index (χ3v) is 4.34. The second-order valence-electron chi connectivity index (χ2n) is 6.35. The molecule has 3 aromatic rings. The van der Waals surface area contributed by atoms with Crippen LogP contribution in [0.2, 0.25) is 5.02 Å². The fraction of sp³-hybridized carbons (Fsp3) is 0.294. The Morgan fingerprint density at radius 3 is 2.63 bits per heavy atom. The van der Waals surface area contributed by atoms with Crippen LogP contribution in [-0.4, -0.2) is 37.4 Å². The number of halogens is 4. The van der Waals surface area contributed by atoms with Gasteiger partial charge in [-0.3, -0.25) is 14.2 Å². The number of anilines is 1. The quantitative estimate of drug-likeness (QED) is 0.644. The normalized spacial score (nSPS) is 11.7. The molecule has 0 bridgehead atoms. The third kappa shape index (κ3) is 4.32. The van der Waals surface area contributed by atoms with E-state index in [0.717, 1.165) is 10.6 Å². The van der Waals surface area contributed by atoms with Crippen LogP contribution in [0.15, 0.2) is 34.1 Å². The minimum Gasteiger partial charge on any atom is -0.482 e. The van der Waals surface area contributed by atoms with E-state index in [1.165, 1.54) is 30.1 Å². The Morgan fingerprint density at radius 2 is 1.97 bits per heavy atom. The number of rotatable bonds is 5. The Bertz CT molecular complexity index is 1250. The average molecular weight is 446 g/mol. The number of amides is 1. The fourth-order valence-corrected chi connectivity index (χ4v) is 2.93. The van der Waals surface area contributed by atoms with E-state index in [1.54, 1.807) is 7.05 Å². The van der Waals surface area contributed by atoms with Crippen molar-refractivity contribution in [3.8, 4) is 5.75 Å². The van der Waals surface area contributed by atoms with Gasteiger partial charge in [-0.1, -0.05) is 11.6 Å². The molecule has 3 rings (SSSR count). The van der Waals surface area contributed by atoms with Crippen molar-refractivity contribution in [2.75, 3.05) is 11.9 Å². The van der Waals surface area contributed by atoms with Gasteiger partial charge in [-0.2, -0.15) is 13.2 Å². The number of nitrogens with zero attached hydrogens (tertiary/aromatic N) is 4. The second-order valence-corrected chi connectivity index (χ2v) is 6.79. The van der Waals surface area contributed by atoms with Crippen LogP contribution in [0.5, 0.6) is 5.75 Å². The number of alkyl halides is 3. The Morgan fingerprint density at radius 1 is 1.27 bits per heavy atom. The highest BCUT2D eigenvalue weighted by Crippen LogP contribution is 2.29. The SMILES string of the molecule is Cn1cnc2c1c(=O)n(CC(=O)Nc1cc(Cl)ccc1OCC(F)(F)F)c(=O)n2C. The molecule has 30 heavy (non-hydrogen) atoms. The van der Waals surface area contributed by atoms with E-state index >= 15 is 0 Å². The van der Waals surface area contributed by atoms with Crippen molar-refractivity contribution in [1.82, 2.24) is 18.7 Å². The molecule has 0 saturated heterocycles. The summed E-state index contributed by atoms with van der Waals surface area (Å²) in [6.45, 7) is -2.26. The van der Waals surface area contributed by atoms with Crippen LogP contribution < -0.4 is 21.3 Å². The van der Waals surface area contributed by atoms with E-state index in [4.69, 9.17) is 16.3 Å². The zero-order valence-corrected chi connectivity index (χ0v) is 16.4. The third-order valence-electron chi connectivity index (χ3n) is 4.11. The first-order valence-electron chi connectivity index (χ1n) is 8.37. The summed E-state index contributed by atoms with van der Waals surface area (Å²) in [5.41, 5.74) is -1.38. The minimum absolute atomic E-state index is 0.113. The van der Waals surface area contributed by atoms with Crippen molar-refractivity contribution in [3.05, 3.63) is 50.4 Å². The summed E-state index contributed by atoms with van der Waals surface area (Å²) < 4.78 is 45.2. The number of carbonyl (C=O) groups excluding carboxylic acids is 1. The number of aromatic nitrogens is 4. The van der Waals surface area contributed by atoms with Crippen molar-refractivity contribution in [2.24, 2.45) is 14.1 Å². The minimum atomic E-state index is -4.58. The zero-order chi connectivity index (χ0) is 22.2. The molecule has 2 aromatic heterocycles. The van der Waals surface area contributed by atoms with Gasteiger partial charge in [-0.25, -0.2) is 14.3 Å². The van der Waals surface area contributed by atoms with Crippen LogP contribution in [0, 0.1) is 0 Å². The Hall–Kier alpha value is -3.28. The number of benzene rings is 1. The molecule has 0 aliphatic heterocycles. The number of hydrogen-bond donors (Lipinski definition) is 1. The largest absolute Gasteiger partial charge is 0.482 e. The van der Waals surface area contributed by atoms with Crippen LogP contribution in [0.1, 0.15) is 0 Å². The van der Waals surface area contributed by atoms with E-state index < -0.39 is 36.5 Å². The Kier molecular flexibility index (Phi) is 5.61. The van der Waals surface area contributed by atoms with Crippen LogP contribution >= 0.6 is 11.6 Å². The molecule has 1 aromatic carbocycles. The lowest BCUT2D eigenvalue weighted by Gasteiger charge is -2.15. The predicted molar refractivity (Wildman–Crippen MR) is 102 cm³/mol. The lowest BCUT2D eigenvalue weighted by Crippen LogP contribution is -2.42. The van der Waals surface area contributed by atoms with Crippen molar-refractivity contribution < 1.29 is 22.7 Å². The molecule has 13 heteroatoms. The molecule has 2 heterocycles. The molecule has 0 atom stereocenters. The van der Waals surface area contributed by atoms with Gasteiger partial charge in [0.05, 0.1) is 12.0 Å². The zero-order valence-electron chi connectivity index (χ0n) is 15.7. The molecule has 0 aliphatic carbocycles. The smallest absolute Gasteiger partial charge is 0.422 e. The van der Waals surface area contributed by atoms with Gasteiger partial charge in [-0.15, -0.1) is 0 Å². The van der Waals surface area contributed by atoms with Crippen molar-refractivity contribution in [2.45, 2.75) is 12.7 Å². The number of carbonyl (C=O) groups is 1. The van der Waals surface area contributed by atoms with Gasteiger partial charge in [0.15, 0.2) is 17.8 Å². The van der Waals surface area contributed by atoms with Gasteiger partial charge in [0, 0.05) is 19.1 Å². The van der Waals surface area contributed by atoms with Crippen molar-refractivity contribution in [1.29, 1.82) is 0 Å². The van der Waals surface area contributed by atoms with Gasteiger partial charge in [-0.05, 0) is 18.2 Å². The molecular formula is C17H15ClF3N5O4. The molecule has 0 unspecified atom stereocenters. The topological polar surface area (TPSA) is 100 Å². The van der Waals surface area contributed by atoms with Crippen LogP contribution in [0.4, 0.5) is 18.9 Å². The number of ether oxygens (including phenoxy) is 1. The lowest BCUT2D eigenvalue weighted by molar-refractivity contribution is -0.153. The first-order chi connectivity index (χ1) is 14.0. The summed E-state index contributed by atoms with van der Waals surface area (Å²) in [6.07, 6.45) is -3.23. The molecule has 0 aliphatic rings. The standard InChI is InChI=1S/C17H15ClF3N5O4/c1-24-8-22-14-13(24)15(28)26(16(29)25(14)2)6-12(27)23-10-5-9(18)3-4-11(10)30-7-17(19,20)21/h3-5,8H,6-7H2,1-2H3,(H,23,27). The van der Waals surface area contributed by atoms with Crippen molar-refractivity contribution >= 4 is 34.4 Å². The maximum atomic E-state index is 12.6. The molecule has 0 saturated carbocycles. The molecule has 9 nitrogen and oxygen atoms in total. The molecular weight excluding hydrogens is 431 g/mol. The monoisotopic (exact) mass is 445 g/mol. The summed E-state index contributed by atoms with van der Waals surface area (Å²) in [5.74, 6) is -1.11. The first-order valence-corrected chi connectivity index (χ1v) is 8.75. The van der Waals surface area contributed by atoms with Gasteiger partial charge in [0.25, 0.3) is 5.56 Å². The highest BCUT2D eigenvalue weighted by atomic mass is 35.5. The summed E-state index contributed by atoms with van der Waals surface area (Å²) in [7, 11) is 2.95. The number of aryl methyl sites for hydroxylation is 2. The summed E-state index contributed by atoms with van der Waals surface area (Å²) in [4.78, 5) is 41.5. The molecule has 0 spiro atoms. The Labute approximate surface area is 171 Å². The van der Waals surface area contributed by atoms with E-state index in [2.05, 4.69) is 10.3 Å². The van der Waals surface area contributed by atoms with Crippen LogP contribution in [0.25, 0.3) is 11.2 Å². The number of fused-ring (bicyclic) bond motifs is 1. The highest BCUT2D eigenvalue weighted by Gasteiger charge is 2.29. The van der Waals surface area contributed by atoms with E-state index in [1.807, 2.05) is 0 Å². The lowest BCUT2D eigenvalue weighted by atomic mass is 10.3. The number of hydrogen-bond acceptors (Lipinski definition) is 5. The van der Waals surface area contributed by atoms with Gasteiger partial charge in [0.2, 0.25) is 5.91 Å². The summed E-state index contributed by atoms with van der Waals surface area (Å²) in [6, 6.07) is 3.65. The molecule has 0 fully saturated rings. The van der Waals surface area contributed by atoms with Crippen molar-refractivity contribution in [3.63, 3.8) is 0 Å². The Balaban J connectivity index is 1.90. The van der Waals surface area contributed by atoms with Gasteiger partial charge >= 0.3 is 11.9 Å². The maximum absolute atomic E-state index is 12.6. The maximum Gasteiger partial charge on any atom is 0.422 e. The van der Waals surface area contributed by atoms with Gasteiger partial charge in [0.1, 0.15) is 12.3 Å². The molecule has 0 radical (unpaired) electrons. The van der Waals surface area contributed by atoms with Gasteiger partial charge < -0.3 is 14.6 Å². The van der Waals surface area contributed by atoms with Crippen LogP contribution in [0.3, 0.4) is 0 Å². The van der Waals surface area contributed by atoms with E-state index in [9.17, 15) is 27.6 Å². The first kappa shape index (κ1) is 21.4. The predicted octanol–water partition coefficient (Wildman–Crippen LogP) is 1.67. The van der Waals surface area contributed by atoms with Crippen LogP contribution in [-0.2, 0) is 25.4 Å². The number of imidazole rings is 1. The van der Waals surface area contributed by atoms with E-state index in [-0.39, 0.29) is 27.6 Å². The number of nitrogens with one attached hydrogen (secondary N) is 1. The second kappa shape index (κ2) is 7.86. The molecule has 1 amide bonds. The average Bonchev–Trinajstić information content (AvgIpc) is 3.04. The highest BCUT2D eigenvalue weighted by molar-refractivity contribution is 6.31. The fourth-order valence-electron chi connectivity index (χ4n) is 2.75. The molecule has 1 N–H and O–H groups in total. The molecule has 160 valence electrons. The summed E-state index contributed by atoms with van der Waals surface area (Å²) >= 11 is 5.84. The summed E-state index contributed by atoms with van der Waals surface area (Å²) in [5, 5.41) is 2.45. The van der Waals surface area contributed by atoms with E-state index in [0.29, 0.717) is 4.57 Å².